The molecule has 2 aliphatic carbocycles. The fourth-order valence-electron chi connectivity index (χ4n) is 1.81. The van der Waals surface area contributed by atoms with Gasteiger partial charge in [-0.3, -0.25) is 4.79 Å². The van der Waals surface area contributed by atoms with Crippen LogP contribution in [0, 0.1) is 5.92 Å². The van der Waals surface area contributed by atoms with E-state index in [1.807, 2.05) is 0 Å². The Morgan fingerprint density at radius 2 is 2.19 bits per heavy atom. The highest BCUT2D eigenvalue weighted by Gasteiger charge is 2.26. The fourth-order valence-corrected chi connectivity index (χ4v) is 1.81. The SMILES string of the molecule is O=c1cc(OCCC2CC2)nc(C2CC2)[nH]1. The molecule has 4 nitrogen and oxygen atoms in total. The molecule has 86 valence electrons. The van der Waals surface area contributed by atoms with Crippen LogP contribution in [0.1, 0.15) is 43.8 Å². The van der Waals surface area contributed by atoms with Gasteiger partial charge in [0.15, 0.2) is 0 Å². The standard InChI is InChI=1S/C12H16N2O2/c15-10-7-11(16-6-5-8-1-2-8)14-12(13-10)9-3-4-9/h7-9H,1-6H2,(H,13,14,15). The van der Waals surface area contributed by atoms with E-state index >= 15 is 0 Å². The lowest BCUT2D eigenvalue weighted by atomic mass is 10.3. The van der Waals surface area contributed by atoms with Crippen LogP contribution in [0.2, 0.25) is 0 Å². The van der Waals surface area contributed by atoms with Crippen LogP contribution in [-0.2, 0) is 0 Å². The van der Waals surface area contributed by atoms with Crippen molar-refractivity contribution in [3.63, 3.8) is 0 Å². The Morgan fingerprint density at radius 3 is 2.88 bits per heavy atom. The molecule has 1 aromatic heterocycles. The maximum atomic E-state index is 11.4. The van der Waals surface area contributed by atoms with Crippen LogP contribution in [-0.4, -0.2) is 16.6 Å². The second-order valence-corrected chi connectivity index (χ2v) is 4.82. The number of hydrogen-bond donors (Lipinski definition) is 1. The Labute approximate surface area is 94.1 Å². The molecule has 1 N–H and O–H groups in total. The predicted molar refractivity (Wildman–Crippen MR) is 59.7 cm³/mol. The lowest BCUT2D eigenvalue weighted by Gasteiger charge is -2.05. The van der Waals surface area contributed by atoms with Crippen molar-refractivity contribution >= 4 is 0 Å². The van der Waals surface area contributed by atoms with Crippen LogP contribution in [0.25, 0.3) is 0 Å². The maximum Gasteiger partial charge on any atom is 0.254 e. The summed E-state index contributed by atoms with van der Waals surface area (Å²) in [7, 11) is 0. The molecule has 2 saturated carbocycles. The monoisotopic (exact) mass is 220 g/mol. The zero-order valence-electron chi connectivity index (χ0n) is 9.24. The van der Waals surface area contributed by atoms with Gasteiger partial charge in [0.25, 0.3) is 5.56 Å². The van der Waals surface area contributed by atoms with Crippen molar-refractivity contribution in [2.75, 3.05) is 6.61 Å². The molecule has 4 heteroatoms. The van der Waals surface area contributed by atoms with Crippen molar-refractivity contribution in [3.8, 4) is 5.88 Å². The Hall–Kier alpha value is -1.32. The molecular weight excluding hydrogens is 204 g/mol. The average Bonchev–Trinajstić information content (AvgIpc) is 3.12. The van der Waals surface area contributed by atoms with Gasteiger partial charge < -0.3 is 9.72 Å². The molecule has 0 amide bonds. The predicted octanol–water partition coefficient (Wildman–Crippen LogP) is 1.83. The van der Waals surface area contributed by atoms with Crippen LogP contribution in [0.3, 0.4) is 0 Å². The van der Waals surface area contributed by atoms with Gasteiger partial charge in [0.1, 0.15) is 5.82 Å². The first kappa shape index (κ1) is 9.87. The van der Waals surface area contributed by atoms with Crippen molar-refractivity contribution < 1.29 is 4.74 Å². The van der Waals surface area contributed by atoms with Crippen LogP contribution in [0.15, 0.2) is 10.9 Å². The van der Waals surface area contributed by atoms with Gasteiger partial charge in [0.2, 0.25) is 5.88 Å². The number of rotatable bonds is 5. The summed E-state index contributed by atoms with van der Waals surface area (Å²) in [5.74, 6) is 2.60. The summed E-state index contributed by atoms with van der Waals surface area (Å²) >= 11 is 0. The average molecular weight is 220 g/mol. The zero-order valence-corrected chi connectivity index (χ0v) is 9.24. The van der Waals surface area contributed by atoms with E-state index in [9.17, 15) is 4.79 Å². The van der Waals surface area contributed by atoms with E-state index in [0.717, 1.165) is 31.0 Å². The third kappa shape index (κ3) is 2.43. The van der Waals surface area contributed by atoms with E-state index in [4.69, 9.17) is 4.74 Å². The molecule has 0 radical (unpaired) electrons. The highest BCUT2D eigenvalue weighted by atomic mass is 16.5. The number of hydrogen-bond acceptors (Lipinski definition) is 3. The molecule has 0 saturated heterocycles. The normalized spacial score (nSPS) is 19.8. The molecule has 0 unspecified atom stereocenters. The second-order valence-electron chi connectivity index (χ2n) is 4.82. The molecule has 3 rings (SSSR count). The first-order valence-corrected chi connectivity index (χ1v) is 6.05. The van der Waals surface area contributed by atoms with E-state index < -0.39 is 0 Å². The van der Waals surface area contributed by atoms with Gasteiger partial charge in [-0.05, 0) is 25.2 Å². The molecule has 0 aromatic carbocycles. The highest BCUT2D eigenvalue weighted by Crippen LogP contribution is 2.38. The van der Waals surface area contributed by atoms with Gasteiger partial charge >= 0.3 is 0 Å². The minimum Gasteiger partial charge on any atom is -0.477 e. The van der Waals surface area contributed by atoms with Crippen molar-refractivity contribution in [1.29, 1.82) is 0 Å². The summed E-state index contributed by atoms with van der Waals surface area (Å²) in [5, 5.41) is 0. The van der Waals surface area contributed by atoms with Gasteiger partial charge in [0.05, 0.1) is 12.7 Å². The number of aromatic nitrogens is 2. The Morgan fingerprint density at radius 1 is 1.38 bits per heavy atom. The van der Waals surface area contributed by atoms with Gasteiger partial charge in [-0.15, -0.1) is 0 Å². The number of nitrogens with zero attached hydrogens (tertiary/aromatic N) is 1. The lowest BCUT2D eigenvalue weighted by Crippen LogP contribution is -2.12. The van der Waals surface area contributed by atoms with Crippen LogP contribution in [0.5, 0.6) is 5.88 Å². The van der Waals surface area contributed by atoms with E-state index in [2.05, 4.69) is 9.97 Å². The van der Waals surface area contributed by atoms with Gasteiger partial charge in [-0.1, -0.05) is 12.8 Å². The van der Waals surface area contributed by atoms with Gasteiger partial charge in [-0.25, -0.2) is 0 Å². The summed E-state index contributed by atoms with van der Waals surface area (Å²) in [4.78, 5) is 18.5. The summed E-state index contributed by atoms with van der Waals surface area (Å²) in [6.45, 7) is 0.686. The fraction of sp³-hybridized carbons (Fsp3) is 0.667. The Bertz CT molecular complexity index is 433. The number of H-pyrrole nitrogens is 1. The van der Waals surface area contributed by atoms with E-state index in [1.54, 1.807) is 0 Å². The molecule has 0 bridgehead atoms. The number of aromatic amines is 1. The van der Waals surface area contributed by atoms with Crippen molar-refractivity contribution in [2.45, 2.75) is 38.0 Å². The number of ether oxygens (including phenoxy) is 1. The molecule has 2 aliphatic rings. The second kappa shape index (κ2) is 3.92. The quantitative estimate of drug-likeness (QED) is 0.823. The van der Waals surface area contributed by atoms with Crippen LogP contribution >= 0.6 is 0 Å². The van der Waals surface area contributed by atoms with Crippen molar-refractivity contribution in [1.82, 2.24) is 9.97 Å². The number of nitrogens with one attached hydrogen (secondary N) is 1. The molecule has 0 aliphatic heterocycles. The van der Waals surface area contributed by atoms with Crippen LogP contribution in [0.4, 0.5) is 0 Å². The van der Waals surface area contributed by atoms with Crippen LogP contribution < -0.4 is 10.3 Å². The molecular formula is C12H16N2O2. The molecule has 2 fully saturated rings. The maximum absolute atomic E-state index is 11.4. The Balaban J connectivity index is 1.64. The summed E-state index contributed by atoms with van der Waals surface area (Å²) in [5.41, 5.74) is -0.0988. The first-order chi connectivity index (χ1) is 7.81. The van der Waals surface area contributed by atoms with E-state index in [0.29, 0.717) is 18.4 Å². The summed E-state index contributed by atoms with van der Waals surface area (Å²) < 4.78 is 5.53. The lowest BCUT2D eigenvalue weighted by molar-refractivity contribution is 0.289. The molecule has 1 heterocycles. The van der Waals surface area contributed by atoms with Gasteiger partial charge in [-0.2, -0.15) is 4.98 Å². The third-order valence-electron chi connectivity index (χ3n) is 3.17. The van der Waals surface area contributed by atoms with Crippen molar-refractivity contribution in [2.24, 2.45) is 5.92 Å². The molecule has 1 aromatic rings. The third-order valence-corrected chi connectivity index (χ3v) is 3.17. The minimum atomic E-state index is -0.0988. The first-order valence-electron chi connectivity index (χ1n) is 6.05. The van der Waals surface area contributed by atoms with E-state index in [-0.39, 0.29) is 5.56 Å². The zero-order chi connectivity index (χ0) is 11.0. The summed E-state index contributed by atoms with van der Waals surface area (Å²) in [6.07, 6.45) is 6.02. The topological polar surface area (TPSA) is 55.0 Å². The largest absolute Gasteiger partial charge is 0.477 e. The van der Waals surface area contributed by atoms with Crippen molar-refractivity contribution in [3.05, 3.63) is 22.2 Å². The smallest absolute Gasteiger partial charge is 0.254 e. The molecule has 0 atom stereocenters. The summed E-state index contributed by atoms with van der Waals surface area (Å²) in [6, 6.07) is 1.44. The highest BCUT2D eigenvalue weighted by molar-refractivity contribution is 5.14. The minimum absolute atomic E-state index is 0.0988. The molecule has 16 heavy (non-hydrogen) atoms. The molecule has 0 spiro atoms. The van der Waals surface area contributed by atoms with Gasteiger partial charge in [0, 0.05) is 5.92 Å². The van der Waals surface area contributed by atoms with E-state index in [1.165, 1.54) is 18.9 Å². The Kier molecular flexibility index (Phi) is 2.42.